The summed E-state index contributed by atoms with van der Waals surface area (Å²) in [6.07, 6.45) is 0.165. The molecule has 0 fully saturated rings. The second kappa shape index (κ2) is 7.45. The molecule has 0 aliphatic rings. The van der Waals surface area contributed by atoms with Gasteiger partial charge in [-0.2, -0.15) is 0 Å². The molecule has 4 N–H and O–H groups in total. The summed E-state index contributed by atoms with van der Waals surface area (Å²) in [6, 6.07) is 10.4. The topological polar surface area (TPSA) is 112 Å². The molecule has 0 radical (unpaired) electrons. The summed E-state index contributed by atoms with van der Waals surface area (Å²) < 4.78 is 1.70. The van der Waals surface area contributed by atoms with Crippen LogP contribution in [0.1, 0.15) is 10.5 Å². The van der Waals surface area contributed by atoms with Gasteiger partial charge in [0, 0.05) is 11.9 Å². The van der Waals surface area contributed by atoms with Gasteiger partial charge < -0.3 is 15.7 Å². The first-order valence-electron chi connectivity index (χ1n) is 6.47. The van der Waals surface area contributed by atoms with Gasteiger partial charge in [0.2, 0.25) is 0 Å². The molecule has 0 atom stereocenters. The Morgan fingerprint density at radius 2 is 1.83 bits per heavy atom. The highest BCUT2D eigenvalue weighted by atomic mass is 79.9. The van der Waals surface area contributed by atoms with Gasteiger partial charge in [-0.3, -0.25) is 19.7 Å². The number of benzene rings is 1. The Morgan fingerprint density at radius 3 is 2.48 bits per heavy atom. The van der Waals surface area contributed by atoms with Gasteiger partial charge in [-0.25, -0.2) is 4.79 Å². The molecule has 120 valence electrons. The Kier molecular flexibility index (Phi) is 5.36. The molecule has 0 spiro atoms. The highest BCUT2D eigenvalue weighted by Gasteiger charge is 2.17. The Balaban J connectivity index is 2.10. The van der Waals surface area contributed by atoms with Crippen LogP contribution < -0.4 is 16.1 Å². The molecule has 8 nitrogen and oxygen atoms in total. The standard InChI is InChI=1S/C14H13BrN4O4/c15-10-6-7-19(18-11(20)8-16-14(22)23)12(10)13(21)17-9-4-2-1-3-5-9/h1-7,16H,8H2,(H,17,21)(H,18,20)(H,22,23). The maximum atomic E-state index is 12.3. The lowest BCUT2D eigenvalue weighted by Crippen LogP contribution is -2.36. The zero-order valence-electron chi connectivity index (χ0n) is 11.7. The minimum Gasteiger partial charge on any atom is -0.465 e. The quantitative estimate of drug-likeness (QED) is 0.633. The number of carboxylic acid groups (broad SMARTS) is 1. The molecule has 1 aromatic heterocycles. The average Bonchev–Trinajstić information content (AvgIpc) is 2.87. The fraction of sp³-hybridized carbons (Fsp3) is 0.0714. The van der Waals surface area contributed by atoms with E-state index in [-0.39, 0.29) is 5.69 Å². The lowest BCUT2D eigenvalue weighted by molar-refractivity contribution is -0.116. The number of nitrogens with one attached hydrogen (secondary N) is 3. The van der Waals surface area contributed by atoms with Gasteiger partial charge in [0.15, 0.2) is 0 Å². The molecule has 2 rings (SSSR count). The highest BCUT2D eigenvalue weighted by molar-refractivity contribution is 9.10. The third kappa shape index (κ3) is 4.58. The third-order valence-electron chi connectivity index (χ3n) is 2.73. The molecule has 0 saturated heterocycles. The number of hydrogen-bond acceptors (Lipinski definition) is 3. The van der Waals surface area contributed by atoms with Crippen molar-refractivity contribution in [3.63, 3.8) is 0 Å². The molecule has 0 unspecified atom stereocenters. The lowest BCUT2D eigenvalue weighted by Gasteiger charge is -2.12. The lowest BCUT2D eigenvalue weighted by atomic mass is 10.3. The molecule has 3 amide bonds. The van der Waals surface area contributed by atoms with Crippen molar-refractivity contribution in [1.82, 2.24) is 9.99 Å². The van der Waals surface area contributed by atoms with Crippen molar-refractivity contribution in [2.45, 2.75) is 0 Å². The van der Waals surface area contributed by atoms with Crippen LogP contribution in [-0.2, 0) is 4.79 Å². The molecular formula is C14H13BrN4O4. The van der Waals surface area contributed by atoms with Crippen molar-refractivity contribution in [2.24, 2.45) is 0 Å². The number of aromatic nitrogens is 1. The highest BCUT2D eigenvalue weighted by Crippen LogP contribution is 2.19. The Bertz CT molecular complexity index is 730. The molecule has 0 aliphatic heterocycles. The van der Waals surface area contributed by atoms with Crippen LogP contribution in [-0.4, -0.2) is 34.2 Å². The van der Waals surface area contributed by atoms with Gasteiger partial charge >= 0.3 is 6.09 Å². The van der Waals surface area contributed by atoms with Crippen LogP contribution in [0, 0.1) is 0 Å². The zero-order chi connectivity index (χ0) is 16.8. The van der Waals surface area contributed by atoms with E-state index in [0.717, 1.165) is 0 Å². The summed E-state index contributed by atoms with van der Waals surface area (Å²) in [5, 5.41) is 13.1. The minimum atomic E-state index is -1.31. The van der Waals surface area contributed by atoms with Gasteiger partial charge in [-0.05, 0) is 34.1 Å². The monoisotopic (exact) mass is 380 g/mol. The summed E-state index contributed by atoms with van der Waals surface area (Å²) in [5.41, 5.74) is 3.20. The number of carbonyl (C=O) groups is 3. The van der Waals surface area contributed by atoms with Gasteiger partial charge in [-0.15, -0.1) is 0 Å². The molecule has 0 aliphatic carbocycles. The average molecular weight is 381 g/mol. The van der Waals surface area contributed by atoms with Crippen LogP contribution in [0.5, 0.6) is 0 Å². The van der Waals surface area contributed by atoms with Crippen LogP contribution in [0.3, 0.4) is 0 Å². The number of nitrogens with zero attached hydrogens (tertiary/aromatic N) is 1. The predicted molar refractivity (Wildman–Crippen MR) is 86.9 cm³/mol. The van der Waals surface area contributed by atoms with Crippen LogP contribution in [0.15, 0.2) is 47.1 Å². The van der Waals surface area contributed by atoms with Crippen LogP contribution in [0.2, 0.25) is 0 Å². The summed E-state index contributed by atoms with van der Waals surface area (Å²) in [5.74, 6) is -1.04. The number of rotatable bonds is 5. The first-order chi connectivity index (χ1) is 11.0. The van der Waals surface area contributed by atoms with E-state index in [9.17, 15) is 14.4 Å². The summed E-state index contributed by atoms with van der Waals surface area (Å²) in [6.45, 7) is -0.426. The van der Waals surface area contributed by atoms with Crippen molar-refractivity contribution in [3.8, 4) is 0 Å². The Labute approximate surface area is 139 Å². The Hall–Kier alpha value is -2.81. The van der Waals surface area contributed by atoms with Crippen molar-refractivity contribution in [2.75, 3.05) is 17.3 Å². The first kappa shape index (κ1) is 16.6. The third-order valence-corrected chi connectivity index (χ3v) is 3.37. The molecule has 0 saturated carbocycles. The van der Waals surface area contributed by atoms with Crippen molar-refractivity contribution in [1.29, 1.82) is 0 Å². The van der Waals surface area contributed by atoms with E-state index in [1.54, 1.807) is 30.3 Å². The van der Waals surface area contributed by atoms with Gasteiger partial charge in [-0.1, -0.05) is 18.2 Å². The van der Waals surface area contributed by atoms with Gasteiger partial charge in [0.05, 0.1) is 4.47 Å². The predicted octanol–water partition coefficient (Wildman–Crippen LogP) is 1.84. The van der Waals surface area contributed by atoms with Crippen LogP contribution in [0.25, 0.3) is 0 Å². The Morgan fingerprint density at radius 1 is 1.13 bits per heavy atom. The van der Waals surface area contributed by atoms with E-state index in [0.29, 0.717) is 10.2 Å². The molecule has 0 bridgehead atoms. The summed E-state index contributed by atoms with van der Waals surface area (Å²) >= 11 is 3.24. The minimum absolute atomic E-state index is 0.178. The summed E-state index contributed by atoms with van der Waals surface area (Å²) in [7, 11) is 0. The normalized spacial score (nSPS) is 9.96. The number of carbonyl (C=O) groups excluding carboxylic acids is 2. The van der Waals surface area contributed by atoms with E-state index in [1.165, 1.54) is 10.9 Å². The largest absolute Gasteiger partial charge is 0.465 e. The number of anilines is 1. The van der Waals surface area contributed by atoms with E-state index < -0.39 is 24.5 Å². The number of halogens is 1. The maximum Gasteiger partial charge on any atom is 0.405 e. The first-order valence-corrected chi connectivity index (χ1v) is 7.26. The SMILES string of the molecule is O=C(O)NCC(=O)Nn1ccc(Br)c1C(=O)Nc1ccccc1. The van der Waals surface area contributed by atoms with Crippen LogP contribution in [0.4, 0.5) is 10.5 Å². The molecule has 2 aromatic rings. The van der Waals surface area contributed by atoms with Gasteiger partial charge in [0.25, 0.3) is 11.8 Å². The summed E-state index contributed by atoms with van der Waals surface area (Å²) in [4.78, 5) is 34.4. The van der Waals surface area contributed by atoms with E-state index >= 15 is 0 Å². The molecule has 9 heteroatoms. The van der Waals surface area contributed by atoms with E-state index in [2.05, 4.69) is 26.7 Å². The fourth-order valence-corrected chi connectivity index (χ4v) is 2.25. The van der Waals surface area contributed by atoms with Crippen LogP contribution >= 0.6 is 15.9 Å². The fourth-order valence-electron chi connectivity index (χ4n) is 1.76. The molecule has 1 aromatic carbocycles. The number of para-hydroxylation sites is 1. The molecule has 1 heterocycles. The van der Waals surface area contributed by atoms with E-state index in [1.807, 2.05) is 11.4 Å². The van der Waals surface area contributed by atoms with Crippen molar-refractivity contribution >= 4 is 39.5 Å². The zero-order valence-corrected chi connectivity index (χ0v) is 13.3. The van der Waals surface area contributed by atoms with Crippen molar-refractivity contribution in [3.05, 3.63) is 52.8 Å². The smallest absolute Gasteiger partial charge is 0.405 e. The number of hydrogen-bond donors (Lipinski definition) is 4. The molecule has 23 heavy (non-hydrogen) atoms. The van der Waals surface area contributed by atoms with E-state index in [4.69, 9.17) is 5.11 Å². The number of amides is 3. The second-order valence-corrected chi connectivity index (χ2v) is 5.25. The second-order valence-electron chi connectivity index (χ2n) is 4.40. The molecular weight excluding hydrogens is 368 g/mol. The maximum absolute atomic E-state index is 12.3. The van der Waals surface area contributed by atoms with Crippen molar-refractivity contribution < 1.29 is 19.5 Å². The van der Waals surface area contributed by atoms with Gasteiger partial charge in [0.1, 0.15) is 12.2 Å².